The summed E-state index contributed by atoms with van der Waals surface area (Å²) in [4.78, 5) is 0.241. The van der Waals surface area contributed by atoms with Crippen molar-refractivity contribution in [3.05, 3.63) is 64.1 Å². The van der Waals surface area contributed by atoms with E-state index in [1.54, 1.807) is 24.3 Å². The Morgan fingerprint density at radius 3 is 2.38 bits per heavy atom. The molecule has 2 aromatic carbocycles. The summed E-state index contributed by atoms with van der Waals surface area (Å²) in [7, 11) is -3.60. The van der Waals surface area contributed by atoms with Gasteiger partial charge in [0.25, 0.3) is 0 Å². The highest BCUT2D eigenvalue weighted by molar-refractivity contribution is 7.92. The highest BCUT2D eigenvalue weighted by Crippen LogP contribution is 2.63. The third-order valence-electron chi connectivity index (χ3n) is 5.02. The molecule has 1 saturated carbocycles. The molecule has 0 spiro atoms. The van der Waals surface area contributed by atoms with Crippen molar-refractivity contribution in [1.82, 2.24) is 0 Å². The van der Waals surface area contributed by atoms with Crippen molar-refractivity contribution in [2.24, 2.45) is 11.1 Å². The molecule has 0 aliphatic heterocycles. The second-order valence-corrected chi connectivity index (χ2v) is 9.47. The van der Waals surface area contributed by atoms with Crippen LogP contribution >= 0.6 is 23.2 Å². The van der Waals surface area contributed by atoms with Gasteiger partial charge in [-0.1, -0.05) is 35.3 Å². The largest absolute Gasteiger partial charge is 0.381 e. The summed E-state index contributed by atoms with van der Waals surface area (Å²) in [5.41, 5.74) is 6.26. The van der Waals surface area contributed by atoms with E-state index in [4.69, 9.17) is 33.7 Å². The first-order valence-corrected chi connectivity index (χ1v) is 10.7. The molecule has 0 radical (unpaired) electrons. The molecule has 2 aromatic rings. The molecule has 0 unspecified atom stereocenters. The van der Waals surface area contributed by atoms with Crippen molar-refractivity contribution < 1.29 is 13.2 Å². The molecule has 140 valence electrons. The van der Waals surface area contributed by atoms with Crippen molar-refractivity contribution in [3.8, 4) is 0 Å². The van der Waals surface area contributed by atoms with E-state index in [1.165, 1.54) is 12.1 Å². The molecular weight excluding hydrogens is 393 g/mol. The summed E-state index contributed by atoms with van der Waals surface area (Å²) >= 11 is 12.0. The van der Waals surface area contributed by atoms with Crippen LogP contribution in [0.5, 0.6) is 0 Å². The number of ether oxygens (including phenoxy) is 1. The molecule has 0 aromatic heterocycles. The summed E-state index contributed by atoms with van der Waals surface area (Å²) in [6, 6.07) is 13.5. The Morgan fingerprint density at radius 1 is 1.12 bits per heavy atom. The van der Waals surface area contributed by atoms with Gasteiger partial charge in [-0.3, -0.25) is 0 Å². The fourth-order valence-corrected chi connectivity index (χ4v) is 6.46. The molecule has 0 saturated heterocycles. The Kier molecular flexibility index (Phi) is 5.66. The van der Waals surface area contributed by atoms with E-state index in [9.17, 15) is 8.42 Å². The van der Waals surface area contributed by atoms with Crippen LogP contribution in [0.2, 0.25) is 10.0 Å². The van der Waals surface area contributed by atoms with E-state index >= 15 is 0 Å². The molecular formula is C19H21Cl2NO3S. The van der Waals surface area contributed by atoms with Crippen LogP contribution in [0, 0.1) is 5.41 Å². The SMILES string of the molecule is CCOC[C@@]1(CN)[C@@H](c2cccc(Cl)c2)[C@@H]1S(=O)(=O)c1ccc(Cl)cc1. The highest BCUT2D eigenvalue weighted by atomic mass is 35.5. The van der Waals surface area contributed by atoms with E-state index in [2.05, 4.69) is 0 Å². The van der Waals surface area contributed by atoms with Gasteiger partial charge < -0.3 is 10.5 Å². The molecule has 0 bridgehead atoms. The number of rotatable bonds is 7. The minimum absolute atomic E-state index is 0.210. The topological polar surface area (TPSA) is 69.4 Å². The van der Waals surface area contributed by atoms with Gasteiger partial charge in [0.2, 0.25) is 0 Å². The first kappa shape index (κ1) is 19.6. The number of halogens is 2. The number of sulfone groups is 1. The van der Waals surface area contributed by atoms with Crippen LogP contribution in [0.1, 0.15) is 18.4 Å². The summed E-state index contributed by atoms with van der Waals surface area (Å²) in [6.07, 6.45) is 0. The lowest BCUT2D eigenvalue weighted by Gasteiger charge is -2.16. The number of hydrogen-bond donors (Lipinski definition) is 1. The van der Waals surface area contributed by atoms with Gasteiger partial charge in [-0.2, -0.15) is 0 Å². The predicted molar refractivity (Wildman–Crippen MR) is 105 cm³/mol. The average Bonchev–Trinajstić information content (AvgIpc) is 3.31. The highest BCUT2D eigenvalue weighted by Gasteiger charge is 2.70. The average molecular weight is 414 g/mol. The first-order chi connectivity index (χ1) is 12.4. The van der Waals surface area contributed by atoms with Gasteiger partial charge in [-0.25, -0.2) is 8.42 Å². The molecule has 7 heteroatoms. The van der Waals surface area contributed by atoms with E-state index in [0.717, 1.165) is 5.56 Å². The van der Waals surface area contributed by atoms with Crippen LogP contribution in [0.3, 0.4) is 0 Å². The molecule has 2 N–H and O–H groups in total. The van der Waals surface area contributed by atoms with E-state index in [1.807, 2.05) is 19.1 Å². The van der Waals surface area contributed by atoms with Crippen LogP contribution in [0.4, 0.5) is 0 Å². The summed E-state index contributed by atoms with van der Waals surface area (Å²) in [5, 5.41) is 0.399. The first-order valence-electron chi connectivity index (χ1n) is 8.39. The Hall–Kier alpha value is -1.11. The molecule has 1 fully saturated rings. The number of hydrogen-bond acceptors (Lipinski definition) is 4. The van der Waals surface area contributed by atoms with Crippen LogP contribution < -0.4 is 5.73 Å². The number of benzene rings is 2. The van der Waals surface area contributed by atoms with Crippen molar-refractivity contribution in [2.75, 3.05) is 19.8 Å². The van der Waals surface area contributed by atoms with Crippen LogP contribution in [-0.2, 0) is 14.6 Å². The van der Waals surface area contributed by atoms with Crippen LogP contribution in [-0.4, -0.2) is 33.4 Å². The van der Waals surface area contributed by atoms with Gasteiger partial charge in [0.1, 0.15) is 0 Å². The zero-order valence-electron chi connectivity index (χ0n) is 14.4. The second-order valence-electron chi connectivity index (χ2n) is 6.53. The van der Waals surface area contributed by atoms with Crippen molar-refractivity contribution in [3.63, 3.8) is 0 Å². The van der Waals surface area contributed by atoms with Gasteiger partial charge >= 0.3 is 0 Å². The molecule has 3 rings (SSSR count). The van der Waals surface area contributed by atoms with Gasteiger partial charge in [0, 0.05) is 34.5 Å². The molecule has 4 nitrogen and oxygen atoms in total. The third kappa shape index (κ3) is 3.39. The van der Waals surface area contributed by atoms with Gasteiger partial charge in [0.15, 0.2) is 9.84 Å². The summed E-state index contributed by atoms with van der Waals surface area (Å²) in [5.74, 6) is -0.265. The Balaban J connectivity index is 2.05. The summed E-state index contributed by atoms with van der Waals surface area (Å²) in [6.45, 7) is 2.87. The lowest BCUT2D eigenvalue weighted by molar-refractivity contribution is 0.101. The predicted octanol–water partition coefficient (Wildman–Crippen LogP) is 3.91. The Labute approximate surface area is 164 Å². The lowest BCUT2D eigenvalue weighted by Crippen LogP contribution is -2.29. The van der Waals surface area contributed by atoms with E-state index < -0.39 is 20.5 Å². The molecule has 0 heterocycles. The molecule has 1 aliphatic rings. The van der Waals surface area contributed by atoms with Crippen molar-refractivity contribution in [2.45, 2.75) is 23.0 Å². The summed E-state index contributed by atoms with van der Waals surface area (Å²) < 4.78 is 32.3. The minimum Gasteiger partial charge on any atom is -0.381 e. The van der Waals surface area contributed by atoms with Gasteiger partial charge in [-0.05, 0) is 48.9 Å². The zero-order valence-corrected chi connectivity index (χ0v) is 16.7. The minimum atomic E-state index is -3.60. The zero-order chi connectivity index (χ0) is 18.9. The Morgan fingerprint density at radius 2 is 1.81 bits per heavy atom. The maximum atomic E-state index is 13.3. The van der Waals surface area contributed by atoms with Gasteiger partial charge in [0.05, 0.1) is 16.8 Å². The van der Waals surface area contributed by atoms with Crippen molar-refractivity contribution >= 4 is 33.0 Å². The lowest BCUT2D eigenvalue weighted by atomic mass is 10.00. The van der Waals surface area contributed by atoms with Crippen LogP contribution in [0.15, 0.2) is 53.4 Å². The molecule has 3 atom stereocenters. The van der Waals surface area contributed by atoms with Crippen molar-refractivity contribution in [1.29, 1.82) is 0 Å². The fraction of sp³-hybridized carbons (Fsp3) is 0.368. The smallest absolute Gasteiger partial charge is 0.182 e. The standard InChI is InChI=1S/C19H21Cl2NO3S/c1-2-25-12-19(11-22)17(13-4-3-5-15(21)10-13)18(19)26(23,24)16-8-6-14(20)7-9-16/h3-10,17-18H,2,11-12,22H2,1H3/t17-,18-,19-/m0/s1. The normalized spacial score (nSPS) is 25.2. The second kappa shape index (κ2) is 7.49. The maximum absolute atomic E-state index is 13.3. The molecule has 1 aliphatic carbocycles. The third-order valence-corrected chi connectivity index (χ3v) is 7.85. The van der Waals surface area contributed by atoms with Crippen LogP contribution in [0.25, 0.3) is 0 Å². The quantitative estimate of drug-likeness (QED) is 0.746. The van der Waals surface area contributed by atoms with E-state index in [0.29, 0.717) is 16.7 Å². The molecule has 26 heavy (non-hydrogen) atoms. The molecule has 0 amide bonds. The fourth-order valence-electron chi connectivity index (χ4n) is 3.69. The Bertz CT molecular complexity index is 886. The maximum Gasteiger partial charge on any atom is 0.182 e. The van der Waals surface area contributed by atoms with Gasteiger partial charge in [-0.15, -0.1) is 0 Å². The number of nitrogens with two attached hydrogens (primary N) is 1. The van der Waals surface area contributed by atoms with E-state index in [-0.39, 0.29) is 24.0 Å². The monoisotopic (exact) mass is 413 g/mol.